The van der Waals surface area contributed by atoms with E-state index in [1.807, 2.05) is 11.8 Å². The fraction of sp³-hybridized carbons (Fsp3) is 0.562. The Hall–Kier alpha value is -1.49. The predicted octanol–water partition coefficient (Wildman–Crippen LogP) is 2.93. The van der Waals surface area contributed by atoms with Gasteiger partial charge in [0.15, 0.2) is 0 Å². The van der Waals surface area contributed by atoms with Crippen LogP contribution in [0.4, 0.5) is 8.78 Å². The minimum absolute atomic E-state index is 0.0909. The van der Waals surface area contributed by atoms with Gasteiger partial charge in [-0.2, -0.15) is 0 Å². The highest BCUT2D eigenvalue weighted by Crippen LogP contribution is 2.22. The highest BCUT2D eigenvalue weighted by atomic mass is 19.1. The molecule has 116 valence electrons. The lowest BCUT2D eigenvalue weighted by Gasteiger charge is -2.33. The molecule has 0 aliphatic carbocycles. The topological polar surface area (TPSA) is 32.3 Å². The van der Waals surface area contributed by atoms with E-state index in [-0.39, 0.29) is 29.6 Å². The number of rotatable bonds is 3. The van der Waals surface area contributed by atoms with E-state index in [4.69, 9.17) is 0 Å². The van der Waals surface area contributed by atoms with Crippen LogP contribution in [0, 0.1) is 18.6 Å². The Labute approximate surface area is 124 Å². The molecule has 0 saturated carbocycles. The first kappa shape index (κ1) is 15.9. The molecule has 0 spiro atoms. The lowest BCUT2D eigenvalue weighted by molar-refractivity contribution is -0.129. The first-order valence-corrected chi connectivity index (χ1v) is 7.35. The van der Waals surface area contributed by atoms with E-state index < -0.39 is 0 Å². The highest BCUT2D eigenvalue weighted by molar-refractivity contribution is 5.73. The second-order valence-electron chi connectivity index (χ2n) is 5.79. The van der Waals surface area contributed by atoms with E-state index in [0.717, 1.165) is 12.8 Å². The van der Waals surface area contributed by atoms with Crippen LogP contribution in [0.15, 0.2) is 12.1 Å². The van der Waals surface area contributed by atoms with Crippen LogP contribution in [0.1, 0.15) is 43.9 Å². The van der Waals surface area contributed by atoms with E-state index in [1.165, 1.54) is 12.1 Å². The fourth-order valence-electron chi connectivity index (χ4n) is 2.80. The Morgan fingerprint density at radius 3 is 2.48 bits per heavy atom. The number of carbonyl (C=O) groups is 1. The molecule has 1 amide bonds. The normalized spacial score (nSPS) is 17.9. The number of hydrogen-bond donors (Lipinski definition) is 1. The molecule has 1 unspecified atom stereocenters. The van der Waals surface area contributed by atoms with Gasteiger partial charge in [0.25, 0.3) is 0 Å². The standard InChI is InChI=1S/C16H22F2N2O/c1-10-8-16(18)14(9-15(10)17)11(2)19-13-4-6-20(7-5-13)12(3)21/h8-9,11,13,19H,4-7H2,1-3H3. The number of amides is 1. The van der Waals surface area contributed by atoms with Crippen LogP contribution in [0.25, 0.3) is 0 Å². The maximum Gasteiger partial charge on any atom is 0.219 e. The molecule has 1 N–H and O–H groups in total. The molecule has 21 heavy (non-hydrogen) atoms. The molecule has 1 fully saturated rings. The number of aryl methyl sites for hydroxylation is 1. The van der Waals surface area contributed by atoms with Gasteiger partial charge >= 0.3 is 0 Å². The molecule has 1 aliphatic heterocycles. The Balaban J connectivity index is 1.98. The molecule has 0 aromatic heterocycles. The van der Waals surface area contributed by atoms with Crippen molar-refractivity contribution in [2.24, 2.45) is 0 Å². The van der Waals surface area contributed by atoms with Gasteiger partial charge in [-0.1, -0.05) is 0 Å². The molecule has 2 rings (SSSR count). The molecular formula is C16H22F2N2O. The number of hydrogen-bond acceptors (Lipinski definition) is 2. The van der Waals surface area contributed by atoms with Crippen molar-refractivity contribution < 1.29 is 13.6 Å². The lowest BCUT2D eigenvalue weighted by Crippen LogP contribution is -2.44. The van der Waals surface area contributed by atoms with Gasteiger partial charge in [-0.25, -0.2) is 8.78 Å². The minimum Gasteiger partial charge on any atom is -0.343 e. The summed E-state index contributed by atoms with van der Waals surface area (Å²) in [6.45, 7) is 6.39. The van der Waals surface area contributed by atoms with Crippen LogP contribution in [0.3, 0.4) is 0 Å². The first-order chi connectivity index (χ1) is 9.88. The van der Waals surface area contributed by atoms with Crippen molar-refractivity contribution >= 4 is 5.91 Å². The molecule has 0 bridgehead atoms. The van der Waals surface area contributed by atoms with Gasteiger partial charge in [0, 0.05) is 37.7 Å². The highest BCUT2D eigenvalue weighted by Gasteiger charge is 2.23. The summed E-state index contributed by atoms with van der Waals surface area (Å²) in [4.78, 5) is 13.1. The van der Waals surface area contributed by atoms with Crippen LogP contribution in [-0.2, 0) is 4.79 Å². The Morgan fingerprint density at radius 2 is 1.90 bits per heavy atom. The molecule has 1 atom stereocenters. The number of likely N-dealkylation sites (tertiary alicyclic amines) is 1. The molecule has 1 aromatic carbocycles. The van der Waals surface area contributed by atoms with Gasteiger partial charge in [0.05, 0.1) is 0 Å². The largest absolute Gasteiger partial charge is 0.343 e. The average molecular weight is 296 g/mol. The molecule has 3 nitrogen and oxygen atoms in total. The molecule has 1 aromatic rings. The molecular weight excluding hydrogens is 274 g/mol. The zero-order valence-corrected chi connectivity index (χ0v) is 12.7. The number of nitrogens with one attached hydrogen (secondary N) is 1. The second-order valence-corrected chi connectivity index (χ2v) is 5.79. The number of benzene rings is 1. The number of nitrogens with zero attached hydrogens (tertiary/aromatic N) is 1. The Morgan fingerprint density at radius 1 is 1.29 bits per heavy atom. The number of piperidine rings is 1. The van der Waals surface area contributed by atoms with Gasteiger partial charge in [0.2, 0.25) is 5.91 Å². The summed E-state index contributed by atoms with van der Waals surface area (Å²) in [5, 5.41) is 3.34. The minimum atomic E-state index is -0.383. The summed E-state index contributed by atoms with van der Waals surface area (Å²) in [7, 11) is 0. The third-order valence-electron chi connectivity index (χ3n) is 4.17. The second kappa shape index (κ2) is 6.52. The fourth-order valence-corrected chi connectivity index (χ4v) is 2.80. The van der Waals surface area contributed by atoms with Crippen LogP contribution in [-0.4, -0.2) is 29.9 Å². The summed E-state index contributed by atoms with van der Waals surface area (Å²) in [6.07, 6.45) is 1.67. The average Bonchev–Trinajstić information content (AvgIpc) is 2.43. The Kier molecular flexibility index (Phi) is 4.93. The van der Waals surface area contributed by atoms with Crippen LogP contribution >= 0.6 is 0 Å². The molecule has 0 radical (unpaired) electrons. The summed E-state index contributed by atoms with van der Waals surface area (Å²) in [6, 6.07) is 2.47. The van der Waals surface area contributed by atoms with Gasteiger partial charge in [-0.3, -0.25) is 4.79 Å². The molecule has 1 heterocycles. The van der Waals surface area contributed by atoms with Gasteiger partial charge in [-0.15, -0.1) is 0 Å². The first-order valence-electron chi connectivity index (χ1n) is 7.35. The zero-order chi connectivity index (χ0) is 15.6. The summed E-state index contributed by atoms with van der Waals surface area (Å²) in [5.41, 5.74) is 0.672. The molecule has 1 saturated heterocycles. The van der Waals surface area contributed by atoms with Crippen LogP contribution in [0.5, 0.6) is 0 Å². The third-order valence-corrected chi connectivity index (χ3v) is 4.17. The van der Waals surface area contributed by atoms with Crippen LogP contribution in [0.2, 0.25) is 0 Å². The van der Waals surface area contributed by atoms with Crippen molar-refractivity contribution in [3.05, 3.63) is 34.9 Å². The van der Waals surface area contributed by atoms with Crippen molar-refractivity contribution in [1.82, 2.24) is 10.2 Å². The SMILES string of the molecule is CC(=O)N1CCC(NC(C)c2cc(F)c(C)cc2F)CC1. The lowest BCUT2D eigenvalue weighted by atomic mass is 10.0. The van der Waals surface area contributed by atoms with Crippen molar-refractivity contribution in [3.8, 4) is 0 Å². The van der Waals surface area contributed by atoms with Crippen molar-refractivity contribution in [2.75, 3.05) is 13.1 Å². The zero-order valence-electron chi connectivity index (χ0n) is 12.7. The van der Waals surface area contributed by atoms with E-state index >= 15 is 0 Å². The van der Waals surface area contributed by atoms with Crippen molar-refractivity contribution in [3.63, 3.8) is 0 Å². The van der Waals surface area contributed by atoms with E-state index in [1.54, 1.807) is 13.8 Å². The van der Waals surface area contributed by atoms with Gasteiger partial charge in [-0.05, 0) is 44.4 Å². The van der Waals surface area contributed by atoms with Crippen molar-refractivity contribution in [2.45, 2.75) is 45.7 Å². The number of halogens is 2. The predicted molar refractivity (Wildman–Crippen MR) is 77.9 cm³/mol. The Bertz CT molecular complexity index is 525. The maximum atomic E-state index is 13.9. The molecule has 5 heteroatoms. The van der Waals surface area contributed by atoms with E-state index in [2.05, 4.69) is 5.32 Å². The summed E-state index contributed by atoms with van der Waals surface area (Å²) >= 11 is 0. The van der Waals surface area contributed by atoms with E-state index in [9.17, 15) is 13.6 Å². The molecule has 1 aliphatic rings. The quantitative estimate of drug-likeness (QED) is 0.930. The third kappa shape index (κ3) is 3.79. The summed E-state index contributed by atoms with van der Waals surface area (Å²) in [5.74, 6) is -0.672. The summed E-state index contributed by atoms with van der Waals surface area (Å²) < 4.78 is 27.5. The van der Waals surface area contributed by atoms with Gasteiger partial charge < -0.3 is 10.2 Å². The van der Waals surface area contributed by atoms with Gasteiger partial charge in [0.1, 0.15) is 11.6 Å². The van der Waals surface area contributed by atoms with E-state index in [0.29, 0.717) is 24.2 Å². The maximum absolute atomic E-state index is 13.9. The van der Waals surface area contributed by atoms with Crippen LogP contribution < -0.4 is 5.32 Å². The number of carbonyl (C=O) groups excluding carboxylic acids is 1. The smallest absolute Gasteiger partial charge is 0.219 e. The van der Waals surface area contributed by atoms with Crippen molar-refractivity contribution in [1.29, 1.82) is 0 Å². The monoisotopic (exact) mass is 296 g/mol.